The average molecular weight is 490 g/mol. The number of benzene rings is 2. The van der Waals surface area contributed by atoms with E-state index in [1.165, 1.54) is 5.56 Å². The SMILES string of the molecule is O[C@@]1(COc2ccc(Cl)c(Cl)c2)CCCN(Cc2cccc(OCCn3ccnc3)c2)CC1. The zero-order chi connectivity index (χ0) is 23.1. The molecule has 1 aliphatic heterocycles. The molecule has 8 heteroatoms. The Balaban J connectivity index is 1.26. The molecule has 0 saturated carbocycles. The van der Waals surface area contributed by atoms with Crippen LogP contribution in [0.5, 0.6) is 11.5 Å². The van der Waals surface area contributed by atoms with Gasteiger partial charge in [-0.25, -0.2) is 4.98 Å². The van der Waals surface area contributed by atoms with Crippen LogP contribution in [0, 0.1) is 0 Å². The molecule has 33 heavy (non-hydrogen) atoms. The Kier molecular flexibility index (Phi) is 8.15. The molecule has 1 fully saturated rings. The van der Waals surface area contributed by atoms with E-state index in [0.29, 0.717) is 35.2 Å². The number of imidazole rings is 1. The van der Waals surface area contributed by atoms with Gasteiger partial charge in [-0.1, -0.05) is 35.3 Å². The van der Waals surface area contributed by atoms with Crippen LogP contribution < -0.4 is 9.47 Å². The van der Waals surface area contributed by atoms with E-state index in [9.17, 15) is 5.11 Å². The normalized spacial score (nSPS) is 19.2. The van der Waals surface area contributed by atoms with E-state index in [1.54, 1.807) is 30.7 Å². The molecule has 0 spiro atoms. The molecule has 0 aliphatic carbocycles. The summed E-state index contributed by atoms with van der Waals surface area (Å²) in [5.41, 5.74) is 0.340. The Morgan fingerprint density at radius 3 is 2.70 bits per heavy atom. The van der Waals surface area contributed by atoms with Crippen molar-refractivity contribution >= 4 is 23.2 Å². The van der Waals surface area contributed by atoms with Crippen LogP contribution in [-0.4, -0.2) is 51.5 Å². The van der Waals surface area contributed by atoms with Gasteiger partial charge in [0.1, 0.15) is 24.7 Å². The van der Waals surface area contributed by atoms with Gasteiger partial charge >= 0.3 is 0 Å². The molecule has 2 heterocycles. The third-order valence-electron chi connectivity index (χ3n) is 5.89. The highest BCUT2D eigenvalue weighted by atomic mass is 35.5. The number of aliphatic hydroxyl groups is 1. The highest BCUT2D eigenvalue weighted by Crippen LogP contribution is 2.29. The molecule has 4 rings (SSSR count). The number of ether oxygens (including phenoxy) is 2. The van der Waals surface area contributed by atoms with Crippen LogP contribution in [0.2, 0.25) is 10.0 Å². The van der Waals surface area contributed by atoms with Crippen molar-refractivity contribution in [2.45, 2.75) is 38.0 Å². The quantitative estimate of drug-likeness (QED) is 0.454. The lowest BCUT2D eigenvalue weighted by Gasteiger charge is -2.27. The minimum Gasteiger partial charge on any atom is -0.492 e. The summed E-state index contributed by atoms with van der Waals surface area (Å²) in [6.45, 7) is 4.14. The summed E-state index contributed by atoms with van der Waals surface area (Å²) in [5.74, 6) is 1.48. The van der Waals surface area contributed by atoms with Crippen molar-refractivity contribution in [2.75, 3.05) is 26.3 Å². The highest BCUT2D eigenvalue weighted by molar-refractivity contribution is 6.42. The first kappa shape index (κ1) is 23.9. The second-order valence-electron chi connectivity index (χ2n) is 8.52. The Labute approximate surface area is 204 Å². The predicted molar refractivity (Wildman–Crippen MR) is 130 cm³/mol. The number of hydrogen-bond acceptors (Lipinski definition) is 5. The monoisotopic (exact) mass is 489 g/mol. The van der Waals surface area contributed by atoms with Gasteiger partial charge in [-0.15, -0.1) is 0 Å². The molecule has 6 nitrogen and oxygen atoms in total. The molecule has 1 aliphatic rings. The van der Waals surface area contributed by atoms with Crippen molar-refractivity contribution in [1.29, 1.82) is 0 Å². The maximum Gasteiger partial charge on any atom is 0.121 e. The molecule has 176 valence electrons. The number of aromatic nitrogens is 2. The van der Waals surface area contributed by atoms with Gasteiger partial charge in [-0.05, 0) is 55.6 Å². The smallest absolute Gasteiger partial charge is 0.121 e. The molecule has 3 aromatic rings. The summed E-state index contributed by atoms with van der Waals surface area (Å²) in [5, 5.41) is 12.0. The van der Waals surface area contributed by atoms with Gasteiger partial charge in [-0.2, -0.15) is 0 Å². The van der Waals surface area contributed by atoms with Crippen molar-refractivity contribution in [2.24, 2.45) is 0 Å². The van der Waals surface area contributed by atoms with Gasteiger partial charge in [0.05, 0.1) is 28.5 Å². The van der Waals surface area contributed by atoms with Crippen LogP contribution in [0.25, 0.3) is 0 Å². The topological polar surface area (TPSA) is 59.8 Å². The highest BCUT2D eigenvalue weighted by Gasteiger charge is 2.31. The van der Waals surface area contributed by atoms with Crippen LogP contribution in [0.15, 0.2) is 61.2 Å². The number of hydrogen-bond donors (Lipinski definition) is 1. The average Bonchev–Trinajstić information content (AvgIpc) is 3.25. The van der Waals surface area contributed by atoms with Crippen molar-refractivity contribution in [3.63, 3.8) is 0 Å². The number of nitrogens with zero attached hydrogens (tertiary/aromatic N) is 3. The van der Waals surface area contributed by atoms with Crippen LogP contribution in [-0.2, 0) is 13.1 Å². The van der Waals surface area contributed by atoms with Crippen molar-refractivity contribution in [3.8, 4) is 11.5 Å². The second-order valence-corrected chi connectivity index (χ2v) is 9.33. The molecular weight excluding hydrogens is 461 g/mol. The molecule has 0 radical (unpaired) electrons. The lowest BCUT2D eigenvalue weighted by Crippen LogP contribution is -2.37. The molecular formula is C25H29Cl2N3O3. The maximum absolute atomic E-state index is 11.1. The third kappa shape index (κ3) is 7.11. The molecule has 1 saturated heterocycles. The minimum atomic E-state index is -0.862. The van der Waals surface area contributed by atoms with E-state index in [1.807, 2.05) is 22.9 Å². The summed E-state index contributed by atoms with van der Waals surface area (Å²) in [6.07, 6.45) is 7.73. The molecule has 2 aromatic carbocycles. The van der Waals surface area contributed by atoms with E-state index < -0.39 is 5.60 Å². The molecule has 0 bridgehead atoms. The zero-order valence-corrected chi connectivity index (χ0v) is 20.0. The van der Waals surface area contributed by atoms with Crippen molar-refractivity contribution in [3.05, 3.63) is 76.8 Å². The minimum absolute atomic E-state index is 0.235. The first-order valence-electron chi connectivity index (χ1n) is 11.2. The lowest BCUT2D eigenvalue weighted by atomic mass is 9.96. The predicted octanol–water partition coefficient (Wildman–Crippen LogP) is 5.06. The van der Waals surface area contributed by atoms with Gasteiger partial charge in [0.25, 0.3) is 0 Å². The largest absolute Gasteiger partial charge is 0.492 e. The first-order chi connectivity index (χ1) is 16.0. The summed E-state index contributed by atoms with van der Waals surface area (Å²) < 4.78 is 13.7. The lowest BCUT2D eigenvalue weighted by molar-refractivity contribution is -0.0168. The summed E-state index contributed by atoms with van der Waals surface area (Å²) in [7, 11) is 0. The molecule has 1 atom stereocenters. The number of halogens is 2. The van der Waals surface area contributed by atoms with E-state index >= 15 is 0 Å². The van der Waals surface area contributed by atoms with Gasteiger partial charge < -0.3 is 19.1 Å². The number of likely N-dealkylation sites (tertiary alicyclic amines) is 1. The summed E-state index contributed by atoms with van der Waals surface area (Å²) in [4.78, 5) is 6.42. The van der Waals surface area contributed by atoms with Crippen LogP contribution in [0.4, 0.5) is 0 Å². The molecule has 0 unspecified atom stereocenters. The maximum atomic E-state index is 11.1. The van der Waals surface area contributed by atoms with Gasteiger partial charge in [-0.3, -0.25) is 4.90 Å². The fourth-order valence-corrected chi connectivity index (χ4v) is 4.29. The standard InChI is InChI=1S/C25H29Cl2N3O3/c26-23-6-5-22(16-24(23)27)33-18-25(31)7-2-10-29(11-8-25)17-20-3-1-4-21(15-20)32-14-13-30-12-9-28-19-30/h1,3-6,9,12,15-16,19,31H,2,7-8,10-11,13-14,17-18H2/t25-/m0/s1. The Morgan fingerprint density at radius 2 is 1.88 bits per heavy atom. The fourth-order valence-electron chi connectivity index (χ4n) is 4.00. The Morgan fingerprint density at radius 1 is 1.00 bits per heavy atom. The number of rotatable bonds is 9. The van der Waals surface area contributed by atoms with Crippen molar-refractivity contribution < 1.29 is 14.6 Å². The van der Waals surface area contributed by atoms with Crippen LogP contribution in [0.3, 0.4) is 0 Å². The van der Waals surface area contributed by atoms with Crippen LogP contribution in [0.1, 0.15) is 24.8 Å². The molecule has 1 N–H and O–H groups in total. The zero-order valence-electron chi connectivity index (χ0n) is 18.5. The van der Waals surface area contributed by atoms with Crippen LogP contribution >= 0.6 is 23.2 Å². The Bertz CT molecular complexity index is 1030. The van der Waals surface area contributed by atoms with E-state index in [4.69, 9.17) is 32.7 Å². The second kappa shape index (κ2) is 11.3. The van der Waals surface area contributed by atoms with Gasteiger partial charge in [0.2, 0.25) is 0 Å². The van der Waals surface area contributed by atoms with E-state index in [0.717, 1.165) is 38.3 Å². The summed E-state index contributed by atoms with van der Waals surface area (Å²) in [6, 6.07) is 13.4. The Hall–Kier alpha value is -2.25. The molecule has 0 amide bonds. The van der Waals surface area contributed by atoms with Gasteiger partial charge in [0, 0.05) is 31.5 Å². The first-order valence-corrected chi connectivity index (χ1v) is 11.9. The third-order valence-corrected chi connectivity index (χ3v) is 6.63. The van der Waals surface area contributed by atoms with E-state index in [2.05, 4.69) is 22.0 Å². The summed E-state index contributed by atoms with van der Waals surface area (Å²) >= 11 is 12.0. The van der Waals surface area contributed by atoms with Gasteiger partial charge in [0.15, 0.2) is 0 Å². The van der Waals surface area contributed by atoms with E-state index in [-0.39, 0.29) is 6.61 Å². The molecule has 1 aromatic heterocycles. The van der Waals surface area contributed by atoms with Crippen molar-refractivity contribution in [1.82, 2.24) is 14.5 Å². The fraction of sp³-hybridized carbons (Fsp3) is 0.400.